The lowest BCUT2D eigenvalue weighted by atomic mass is 10.1. The zero-order chi connectivity index (χ0) is 14.7. The van der Waals surface area contributed by atoms with Gasteiger partial charge in [0.2, 0.25) is 5.91 Å². The van der Waals surface area contributed by atoms with Gasteiger partial charge in [-0.2, -0.15) is 0 Å². The minimum absolute atomic E-state index is 0.0621. The lowest BCUT2D eigenvalue weighted by Crippen LogP contribution is -2.17. The first-order chi connectivity index (χ1) is 10.3. The second-order valence-corrected chi connectivity index (χ2v) is 5.07. The molecule has 0 radical (unpaired) electrons. The molecule has 1 aromatic carbocycles. The number of hydrogen-bond donors (Lipinski definition) is 1. The number of aryl methyl sites for hydroxylation is 1. The number of rotatable bonds is 4. The summed E-state index contributed by atoms with van der Waals surface area (Å²) in [5.74, 6) is 1.39. The summed E-state index contributed by atoms with van der Waals surface area (Å²) in [6, 6.07) is 7.49. The third kappa shape index (κ3) is 3.02. The monoisotopic (exact) mass is 283 g/mol. The van der Waals surface area contributed by atoms with Gasteiger partial charge < -0.3 is 10.1 Å². The fraction of sp³-hybridized carbons (Fsp3) is 0.312. The molecule has 1 N–H and O–H groups in total. The number of nitrogens with one attached hydrogen (secondary N) is 1. The van der Waals surface area contributed by atoms with Crippen molar-refractivity contribution in [2.75, 3.05) is 12.4 Å². The average molecular weight is 283 g/mol. The molecule has 108 valence electrons. The van der Waals surface area contributed by atoms with E-state index in [1.54, 1.807) is 7.11 Å². The molecule has 1 amide bonds. The molecule has 1 aliphatic carbocycles. The van der Waals surface area contributed by atoms with Crippen LogP contribution in [0.1, 0.15) is 23.2 Å². The maximum Gasteiger partial charge on any atom is 0.229 e. The highest BCUT2D eigenvalue weighted by molar-refractivity contribution is 5.92. The van der Waals surface area contributed by atoms with Crippen molar-refractivity contribution < 1.29 is 9.53 Å². The van der Waals surface area contributed by atoms with Crippen LogP contribution >= 0.6 is 0 Å². The Hall–Kier alpha value is -2.43. The van der Waals surface area contributed by atoms with E-state index >= 15 is 0 Å². The summed E-state index contributed by atoms with van der Waals surface area (Å²) in [7, 11) is 1.62. The molecule has 0 fully saturated rings. The molecule has 0 atom stereocenters. The topological polar surface area (TPSA) is 64.1 Å². The van der Waals surface area contributed by atoms with E-state index in [-0.39, 0.29) is 5.91 Å². The van der Waals surface area contributed by atoms with Gasteiger partial charge in [-0.05, 0) is 37.0 Å². The number of ether oxygens (including phenoxy) is 1. The summed E-state index contributed by atoms with van der Waals surface area (Å²) in [5, 5.41) is 2.90. The van der Waals surface area contributed by atoms with Crippen molar-refractivity contribution in [1.82, 2.24) is 9.97 Å². The van der Waals surface area contributed by atoms with Gasteiger partial charge in [0.05, 0.1) is 13.5 Å². The molecule has 5 nitrogen and oxygen atoms in total. The predicted octanol–water partition coefficient (Wildman–Crippen LogP) is 2.16. The second-order valence-electron chi connectivity index (χ2n) is 5.07. The van der Waals surface area contributed by atoms with E-state index in [9.17, 15) is 4.79 Å². The van der Waals surface area contributed by atoms with Crippen LogP contribution in [0.3, 0.4) is 0 Å². The van der Waals surface area contributed by atoms with Gasteiger partial charge in [-0.3, -0.25) is 4.79 Å². The largest absolute Gasteiger partial charge is 0.497 e. The number of nitrogens with zero attached hydrogens (tertiary/aromatic N) is 2. The van der Waals surface area contributed by atoms with E-state index in [1.807, 2.05) is 24.3 Å². The van der Waals surface area contributed by atoms with Crippen LogP contribution in [0.2, 0.25) is 0 Å². The number of methoxy groups -OCH3 is 1. The number of carbonyl (C=O) groups is 1. The van der Waals surface area contributed by atoms with Crippen molar-refractivity contribution in [3.63, 3.8) is 0 Å². The van der Waals surface area contributed by atoms with Gasteiger partial charge in [0.1, 0.15) is 17.9 Å². The smallest absolute Gasteiger partial charge is 0.229 e. The Morgan fingerprint density at radius 3 is 2.81 bits per heavy atom. The lowest BCUT2D eigenvalue weighted by Gasteiger charge is -2.08. The third-order valence-electron chi connectivity index (χ3n) is 3.66. The predicted molar refractivity (Wildman–Crippen MR) is 79.4 cm³/mol. The van der Waals surface area contributed by atoms with Crippen LogP contribution in [0.4, 0.5) is 5.82 Å². The fourth-order valence-electron chi connectivity index (χ4n) is 2.57. The standard InChI is InChI=1S/C16H17N3O2/c1-21-12-7-5-11(6-8-12)9-15(20)19-16-13-3-2-4-14(13)17-10-18-16/h5-8,10H,2-4,9H2,1H3,(H,17,18,19,20). The third-order valence-corrected chi connectivity index (χ3v) is 3.66. The lowest BCUT2D eigenvalue weighted by molar-refractivity contribution is -0.115. The maximum atomic E-state index is 12.1. The molecule has 1 aromatic heterocycles. The summed E-state index contributed by atoms with van der Waals surface area (Å²) in [6.07, 6.45) is 4.83. The van der Waals surface area contributed by atoms with Gasteiger partial charge in [0.25, 0.3) is 0 Å². The van der Waals surface area contributed by atoms with Crippen molar-refractivity contribution >= 4 is 11.7 Å². The van der Waals surface area contributed by atoms with E-state index < -0.39 is 0 Å². The van der Waals surface area contributed by atoms with Gasteiger partial charge in [-0.1, -0.05) is 12.1 Å². The molecule has 0 bridgehead atoms. The molecule has 2 aromatic rings. The van der Waals surface area contributed by atoms with Gasteiger partial charge >= 0.3 is 0 Å². The zero-order valence-electron chi connectivity index (χ0n) is 11.9. The van der Waals surface area contributed by atoms with Crippen LogP contribution in [-0.2, 0) is 24.1 Å². The van der Waals surface area contributed by atoms with Crippen molar-refractivity contribution in [1.29, 1.82) is 0 Å². The maximum absolute atomic E-state index is 12.1. The molecule has 0 saturated carbocycles. The molecule has 1 heterocycles. The van der Waals surface area contributed by atoms with Crippen LogP contribution in [-0.4, -0.2) is 23.0 Å². The molecule has 0 unspecified atom stereocenters. The van der Waals surface area contributed by atoms with E-state index in [0.717, 1.165) is 41.8 Å². The summed E-state index contributed by atoms with van der Waals surface area (Å²) in [4.78, 5) is 20.6. The summed E-state index contributed by atoms with van der Waals surface area (Å²) >= 11 is 0. The Balaban J connectivity index is 1.68. The molecular formula is C16H17N3O2. The van der Waals surface area contributed by atoms with Gasteiger partial charge in [-0.15, -0.1) is 0 Å². The molecule has 1 aliphatic rings. The fourth-order valence-corrected chi connectivity index (χ4v) is 2.57. The van der Waals surface area contributed by atoms with Crippen molar-refractivity contribution in [3.05, 3.63) is 47.4 Å². The minimum atomic E-state index is -0.0621. The first-order valence-corrected chi connectivity index (χ1v) is 7.02. The SMILES string of the molecule is COc1ccc(CC(=O)Nc2ncnc3c2CCC3)cc1. The molecule has 0 spiro atoms. The van der Waals surface area contributed by atoms with Crippen LogP contribution in [0, 0.1) is 0 Å². The molecule has 3 rings (SSSR count). The van der Waals surface area contributed by atoms with Gasteiger partial charge in [0, 0.05) is 11.3 Å². The van der Waals surface area contributed by atoms with Gasteiger partial charge in [-0.25, -0.2) is 9.97 Å². The number of amides is 1. The Labute approximate surface area is 123 Å². The number of anilines is 1. The molecule has 0 saturated heterocycles. The summed E-state index contributed by atoms with van der Waals surface area (Å²) in [5.41, 5.74) is 3.09. The van der Waals surface area contributed by atoms with E-state index in [2.05, 4.69) is 15.3 Å². The Morgan fingerprint density at radius 2 is 2.05 bits per heavy atom. The Bertz CT molecular complexity index is 653. The first kappa shape index (κ1) is 13.5. The van der Waals surface area contributed by atoms with Crippen molar-refractivity contribution in [3.8, 4) is 5.75 Å². The highest BCUT2D eigenvalue weighted by Crippen LogP contribution is 2.25. The number of benzene rings is 1. The normalized spacial score (nSPS) is 12.8. The number of hydrogen-bond acceptors (Lipinski definition) is 4. The number of carbonyl (C=O) groups excluding carboxylic acids is 1. The molecule has 0 aliphatic heterocycles. The molecule has 5 heteroatoms. The summed E-state index contributed by atoms with van der Waals surface area (Å²) in [6.45, 7) is 0. The van der Waals surface area contributed by atoms with E-state index in [1.165, 1.54) is 6.33 Å². The number of aromatic nitrogens is 2. The van der Waals surface area contributed by atoms with Crippen LogP contribution in [0.5, 0.6) is 5.75 Å². The number of fused-ring (bicyclic) bond motifs is 1. The van der Waals surface area contributed by atoms with Crippen molar-refractivity contribution in [2.45, 2.75) is 25.7 Å². The molecule has 21 heavy (non-hydrogen) atoms. The average Bonchev–Trinajstić information content (AvgIpc) is 2.97. The van der Waals surface area contributed by atoms with Crippen LogP contribution in [0.25, 0.3) is 0 Å². The first-order valence-electron chi connectivity index (χ1n) is 7.02. The van der Waals surface area contributed by atoms with Crippen molar-refractivity contribution in [2.24, 2.45) is 0 Å². The molecular weight excluding hydrogens is 266 g/mol. The van der Waals surface area contributed by atoms with Gasteiger partial charge in [0.15, 0.2) is 0 Å². The second kappa shape index (κ2) is 5.91. The minimum Gasteiger partial charge on any atom is -0.497 e. The van der Waals surface area contributed by atoms with Crippen LogP contribution in [0.15, 0.2) is 30.6 Å². The Kier molecular flexibility index (Phi) is 3.81. The highest BCUT2D eigenvalue weighted by Gasteiger charge is 2.18. The zero-order valence-corrected chi connectivity index (χ0v) is 11.9. The Morgan fingerprint density at radius 1 is 1.24 bits per heavy atom. The summed E-state index contributed by atoms with van der Waals surface area (Å²) < 4.78 is 5.10. The highest BCUT2D eigenvalue weighted by atomic mass is 16.5. The van der Waals surface area contributed by atoms with E-state index in [4.69, 9.17) is 4.74 Å². The van der Waals surface area contributed by atoms with Crippen LogP contribution < -0.4 is 10.1 Å². The van der Waals surface area contributed by atoms with E-state index in [0.29, 0.717) is 12.2 Å². The quantitative estimate of drug-likeness (QED) is 0.934.